The molecule has 0 aromatic carbocycles. The molecule has 1 fully saturated rings. The van der Waals surface area contributed by atoms with E-state index in [1.165, 1.54) is 12.8 Å². The van der Waals surface area contributed by atoms with E-state index >= 15 is 0 Å². The minimum absolute atomic E-state index is 0.0579. The third kappa shape index (κ3) is 1.42. The van der Waals surface area contributed by atoms with Gasteiger partial charge in [-0.15, -0.1) is 0 Å². The van der Waals surface area contributed by atoms with Crippen LogP contribution < -0.4 is 5.73 Å². The first-order valence-corrected chi connectivity index (χ1v) is 4.16. The Morgan fingerprint density at radius 3 is 2.73 bits per heavy atom. The second-order valence-electron chi connectivity index (χ2n) is 3.01. The maximum absolute atomic E-state index is 5.86. The Balaban J connectivity index is 2.14. The Kier molecular flexibility index (Phi) is 1.66. The van der Waals surface area contributed by atoms with Gasteiger partial charge in [0, 0.05) is 0 Å². The molecule has 0 bridgehead atoms. The molecule has 60 valence electrons. The van der Waals surface area contributed by atoms with Gasteiger partial charge in [0.25, 0.3) is 0 Å². The Labute approximate surface area is 70.3 Å². The first kappa shape index (κ1) is 7.19. The number of nitrogens with two attached hydrogens (primary N) is 1. The van der Waals surface area contributed by atoms with E-state index in [1.54, 1.807) is 6.07 Å². The van der Waals surface area contributed by atoms with Crippen molar-refractivity contribution in [2.45, 2.75) is 18.9 Å². The van der Waals surface area contributed by atoms with Crippen molar-refractivity contribution < 1.29 is 4.42 Å². The summed E-state index contributed by atoms with van der Waals surface area (Å²) in [5.41, 5.74) is 5.86. The number of hydrogen-bond acceptors (Lipinski definition) is 2. The average Bonchev–Trinajstić information content (AvgIpc) is 2.74. The molecule has 1 aromatic rings. The predicted octanol–water partition coefficient (Wildman–Crippen LogP) is 2.34. The Morgan fingerprint density at radius 2 is 2.27 bits per heavy atom. The van der Waals surface area contributed by atoms with Crippen molar-refractivity contribution in [1.29, 1.82) is 0 Å². The zero-order chi connectivity index (χ0) is 7.84. The molecular formula is C8H10ClNO. The summed E-state index contributed by atoms with van der Waals surface area (Å²) in [7, 11) is 0. The number of rotatable bonds is 2. The third-order valence-electron chi connectivity index (χ3n) is 2.05. The van der Waals surface area contributed by atoms with Gasteiger partial charge in [0.15, 0.2) is 5.22 Å². The molecule has 0 spiro atoms. The second-order valence-corrected chi connectivity index (χ2v) is 3.38. The fourth-order valence-corrected chi connectivity index (χ4v) is 1.35. The smallest absolute Gasteiger partial charge is 0.193 e. The maximum atomic E-state index is 5.86. The Hall–Kier alpha value is -0.470. The summed E-state index contributed by atoms with van der Waals surface area (Å²) in [6.45, 7) is 0. The molecule has 1 aliphatic rings. The molecule has 11 heavy (non-hydrogen) atoms. The fourth-order valence-electron chi connectivity index (χ4n) is 1.20. The van der Waals surface area contributed by atoms with Crippen molar-refractivity contribution in [3.8, 4) is 0 Å². The summed E-state index contributed by atoms with van der Waals surface area (Å²) in [6.07, 6.45) is 2.44. The fraction of sp³-hybridized carbons (Fsp3) is 0.500. The lowest BCUT2D eigenvalue weighted by Gasteiger charge is -2.04. The van der Waals surface area contributed by atoms with Crippen molar-refractivity contribution in [3.63, 3.8) is 0 Å². The van der Waals surface area contributed by atoms with Gasteiger partial charge in [0.05, 0.1) is 6.04 Å². The van der Waals surface area contributed by atoms with Gasteiger partial charge < -0.3 is 10.2 Å². The zero-order valence-electron chi connectivity index (χ0n) is 6.09. The van der Waals surface area contributed by atoms with E-state index in [0.717, 1.165) is 5.76 Å². The van der Waals surface area contributed by atoms with Crippen molar-refractivity contribution in [1.82, 2.24) is 0 Å². The van der Waals surface area contributed by atoms with Gasteiger partial charge in [-0.05, 0) is 42.5 Å². The minimum Gasteiger partial charge on any atom is -0.448 e. The molecule has 0 radical (unpaired) electrons. The monoisotopic (exact) mass is 171 g/mol. The molecule has 0 saturated heterocycles. The second kappa shape index (κ2) is 2.54. The van der Waals surface area contributed by atoms with Crippen LogP contribution in [0, 0.1) is 5.92 Å². The van der Waals surface area contributed by atoms with Crippen LogP contribution in [0.15, 0.2) is 16.5 Å². The molecule has 1 unspecified atom stereocenters. The molecule has 1 aliphatic carbocycles. The molecule has 1 aromatic heterocycles. The van der Waals surface area contributed by atoms with E-state index < -0.39 is 0 Å². The van der Waals surface area contributed by atoms with Crippen molar-refractivity contribution >= 4 is 11.6 Å². The van der Waals surface area contributed by atoms with Gasteiger partial charge in [-0.2, -0.15) is 0 Å². The van der Waals surface area contributed by atoms with Crippen LogP contribution in [0.4, 0.5) is 0 Å². The molecule has 2 rings (SSSR count). The molecular weight excluding hydrogens is 162 g/mol. The van der Waals surface area contributed by atoms with Gasteiger partial charge in [-0.25, -0.2) is 0 Å². The van der Waals surface area contributed by atoms with E-state index in [0.29, 0.717) is 11.1 Å². The van der Waals surface area contributed by atoms with Gasteiger partial charge in [0.1, 0.15) is 5.76 Å². The van der Waals surface area contributed by atoms with Gasteiger partial charge in [-0.1, -0.05) is 0 Å². The van der Waals surface area contributed by atoms with Crippen LogP contribution in [0.2, 0.25) is 5.22 Å². The highest BCUT2D eigenvalue weighted by Crippen LogP contribution is 2.40. The quantitative estimate of drug-likeness (QED) is 0.742. The van der Waals surface area contributed by atoms with E-state index in [2.05, 4.69) is 0 Å². The van der Waals surface area contributed by atoms with Crippen LogP contribution in [0.5, 0.6) is 0 Å². The van der Waals surface area contributed by atoms with E-state index in [4.69, 9.17) is 21.8 Å². The molecule has 0 amide bonds. The Bertz CT molecular complexity index is 254. The molecule has 1 heterocycles. The Morgan fingerprint density at radius 1 is 1.55 bits per heavy atom. The zero-order valence-corrected chi connectivity index (χ0v) is 6.84. The van der Waals surface area contributed by atoms with Crippen LogP contribution in [0.25, 0.3) is 0 Å². The van der Waals surface area contributed by atoms with E-state index in [-0.39, 0.29) is 6.04 Å². The van der Waals surface area contributed by atoms with E-state index in [9.17, 15) is 0 Å². The minimum atomic E-state index is 0.0579. The number of halogens is 1. The SMILES string of the molecule is NC(c1ccc(Cl)o1)C1CC1. The van der Waals surface area contributed by atoms with Crippen LogP contribution in [0.3, 0.4) is 0 Å². The number of hydrogen-bond donors (Lipinski definition) is 1. The summed E-state index contributed by atoms with van der Waals surface area (Å²) in [5, 5.41) is 0.427. The molecule has 0 aliphatic heterocycles. The van der Waals surface area contributed by atoms with Gasteiger partial charge in [0.2, 0.25) is 0 Å². The summed E-state index contributed by atoms with van der Waals surface area (Å²) >= 11 is 5.61. The van der Waals surface area contributed by atoms with Crippen molar-refractivity contribution in [3.05, 3.63) is 23.1 Å². The van der Waals surface area contributed by atoms with Crippen LogP contribution >= 0.6 is 11.6 Å². The first-order chi connectivity index (χ1) is 5.27. The summed E-state index contributed by atoms with van der Waals surface area (Å²) in [5.74, 6) is 1.44. The lowest BCUT2D eigenvalue weighted by molar-refractivity contribution is 0.444. The molecule has 1 atom stereocenters. The van der Waals surface area contributed by atoms with Gasteiger partial charge in [-0.3, -0.25) is 0 Å². The largest absolute Gasteiger partial charge is 0.448 e. The lowest BCUT2D eigenvalue weighted by Crippen LogP contribution is -2.10. The maximum Gasteiger partial charge on any atom is 0.193 e. The summed E-state index contributed by atoms with van der Waals surface area (Å²) in [4.78, 5) is 0. The van der Waals surface area contributed by atoms with Crippen LogP contribution in [0.1, 0.15) is 24.6 Å². The van der Waals surface area contributed by atoms with Crippen molar-refractivity contribution in [2.75, 3.05) is 0 Å². The normalized spacial score (nSPS) is 20.2. The average molecular weight is 172 g/mol. The predicted molar refractivity (Wildman–Crippen MR) is 43.4 cm³/mol. The molecule has 1 saturated carbocycles. The van der Waals surface area contributed by atoms with Crippen LogP contribution in [-0.4, -0.2) is 0 Å². The molecule has 2 nitrogen and oxygen atoms in total. The van der Waals surface area contributed by atoms with Crippen LogP contribution in [-0.2, 0) is 0 Å². The molecule has 2 N–H and O–H groups in total. The standard InChI is InChI=1S/C8H10ClNO/c9-7-4-3-6(11-7)8(10)5-1-2-5/h3-5,8H,1-2,10H2. The topological polar surface area (TPSA) is 39.2 Å². The third-order valence-corrected chi connectivity index (χ3v) is 2.26. The van der Waals surface area contributed by atoms with Gasteiger partial charge >= 0.3 is 0 Å². The number of furan rings is 1. The summed E-state index contributed by atoms with van der Waals surface area (Å²) in [6, 6.07) is 3.65. The highest BCUT2D eigenvalue weighted by Gasteiger charge is 2.31. The van der Waals surface area contributed by atoms with E-state index in [1.807, 2.05) is 6.07 Å². The molecule has 3 heteroatoms. The lowest BCUT2D eigenvalue weighted by atomic mass is 10.1. The van der Waals surface area contributed by atoms with Crippen molar-refractivity contribution in [2.24, 2.45) is 11.7 Å². The highest BCUT2D eigenvalue weighted by atomic mass is 35.5. The highest BCUT2D eigenvalue weighted by molar-refractivity contribution is 6.28. The summed E-state index contributed by atoms with van der Waals surface area (Å²) < 4.78 is 5.19. The first-order valence-electron chi connectivity index (χ1n) is 3.78.